The minimum absolute atomic E-state index is 0.106. The summed E-state index contributed by atoms with van der Waals surface area (Å²) in [4.78, 5) is 0. The second-order valence-corrected chi connectivity index (χ2v) is 8.14. The van der Waals surface area contributed by atoms with Crippen LogP contribution in [0.2, 0.25) is 0 Å². The molecular weight excluding hydrogens is 558 g/mol. The number of halogens is 6. The molecule has 15 heteroatoms. The van der Waals surface area contributed by atoms with Gasteiger partial charge in [-0.15, -0.1) is 8.78 Å². The molecule has 0 radical (unpaired) electrons. The van der Waals surface area contributed by atoms with E-state index in [1.807, 2.05) is 0 Å². The van der Waals surface area contributed by atoms with E-state index in [9.17, 15) is 36.6 Å². The van der Waals surface area contributed by atoms with Crippen molar-refractivity contribution in [3.8, 4) is 11.5 Å². The van der Waals surface area contributed by atoms with Gasteiger partial charge in [0.2, 0.25) is 0 Å². The minimum Gasteiger partial charge on any atom is -0.491 e. The first-order chi connectivity index (χ1) is 18.9. The Labute approximate surface area is 226 Å². The van der Waals surface area contributed by atoms with E-state index in [0.717, 1.165) is 0 Å². The van der Waals surface area contributed by atoms with Crippen LogP contribution in [0.15, 0.2) is 60.7 Å². The van der Waals surface area contributed by atoms with Crippen molar-refractivity contribution in [2.24, 2.45) is 0 Å². The zero-order chi connectivity index (χ0) is 29.5. The molecule has 2 aromatic carbocycles. The van der Waals surface area contributed by atoms with Crippen molar-refractivity contribution >= 4 is 0 Å². The van der Waals surface area contributed by atoms with Crippen LogP contribution in [0.25, 0.3) is 0 Å². The fraction of sp³-hybridized carbons (Fsp3) is 0.520. The van der Waals surface area contributed by atoms with Crippen molar-refractivity contribution in [3.05, 3.63) is 60.7 Å². The Bertz CT molecular complexity index is 941. The molecule has 0 spiro atoms. The lowest BCUT2D eigenvalue weighted by Crippen LogP contribution is -2.44. The highest BCUT2D eigenvalue weighted by molar-refractivity contribution is 5.21. The quantitative estimate of drug-likeness (QED) is 0.128. The fourth-order valence-electron chi connectivity index (χ4n) is 2.78. The summed E-state index contributed by atoms with van der Waals surface area (Å²) < 4.78 is 112. The maximum Gasteiger partial charge on any atom is 0.495 e. The van der Waals surface area contributed by atoms with E-state index in [4.69, 9.17) is 14.2 Å². The van der Waals surface area contributed by atoms with E-state index in [2.05, 4.69) is 18.9 Å². The monoisotopic (exact) mass is 588 g/mol. The summed E-state index contributed by atoms with van der Waals surface area (Å²) in [5.41, 5.74) is 0. The molecule has 0 aromatic heterocycles. The summed E-state index contributed by atoms with van der Waals surface area (Å²) in [6, 6.07) is 16.7. The third-order valence-electron chi connectivity index (χ3n) is 4.44. The van der Waals surface area contributed by atoms with Crippen LogP contribution in [-0.4, -0.2) is 93.8 Å². The number of ether oxygens (including phenoxy) is 7. The van der Waals surface area contributed by atoms with Gasteiger partial charge in [-0.1, -0.05) is 36.4 Å². The van der Waals surface area contributed by atoms with Crippen molar-refractivity contribution < 1.29 is 69.7 Å². The smallest absolute Gasteiger partial charge is 0.491 e. The molecule has 2 N–H and O–H groups in total. The molecule has 0 aliphatic carbocycles. The summed E-state index contributed by atoms with van der Waals surface area (Å²) in [5.74, 6) is 0.898. The molecule has 2 aromatic rings. The van der Waals surface area contributed by atoms with Crippen LogP contribution >= 0.6 is 0 Å². The average Bonchev–Trinajstić information content (AvgIpc) is 2.88. The predicted molar refractivity (Wildman–Crippen MR) is 125 cm³/mol. The molecule has 0 aliphatic heterocycles. The third-order valence-corrected chi connectivity index (χ3v) is 4.44. The van der Waals surface area contributed by atoms with Crippen molar-refractivity contribution in [3.63, 3.8) is 0 Å². The number of benzene rings is 2. The van der Waals surface area contributed by atoms with E-state index < -0.39 is 57.1 Å². The van der Waals surface area contributed by atoms with E-state index in [-0.39, 0.29) is 26.4 Å². The van der Waals surface area contributed by atoms with E-state index in [0.29, 0.717) is 11.5 Å². The fourth-order valence-corrected chi connectivity index (χ4v) is 2.78. The Hall–Kier alpha value is -2.66. The number of aliphatic hydroxyl groups is 2. The van der Waals surface area contributed by atoms with Gasteiger partial charge in [-0.2, -0.15) is 17.6 Å². The van der Waals surface area contributed by atoms with Gasteiger partial charge in [0.1, 0.15) is 50.1 Å². The summed E-state index contributed by atoms with van der Waals surface area (Å²) in [5, 5.41) is 19.4. The Kier molecular flexibility index (Phi) is 13.9. The lowest BCUT2D eigenvalue weighted by atomic mass is 10.3. The molecule has 0 aliphatic rings. The third kappa shape index (κ3) is 15.2. The van der Waals surface area contributed by atoms with Gasteiger partial charge >= 0.3 is 18.5 Å². The Morgan fingerprint density at radius 2 is 0.950 bits per heavy atom. The lowest BCUT2D eigenvalue weighted by molar-refractivity contribution is -0.518. The van der Waals surface area contributed by atoms with Crippen LogP contribution in [0, 0.1) is 0 Å². The van der Waals surface area contributed by atoms with Crippen LogP contribution in [0.1, 0.15) is 0 Å². The van der Waals surface area contributed by atoms with Crippen LogP contribution in [0.4, 0.5) is 26.3 Å². The predicted octanol–water partition coefficient (Wildman–Crippen LogP) is 3.69. The zero-order valence-electron chi connectivity index (χ0n) is 21.1. The van der Waals surface area contributed by atoms with Gasteiger partial charge in [-0.25, -0.2) is 9.47 Å². The zero-order valence-corrected chi connectivity index (χ0v) is 21.1. The molecule has 0 saturated heterocycles. The maximum absolute atomic E-state index is 13.7. The Balaban J connectivity index is 1.58. The van der Waals surface area contributed by atoms with Crippen molar-refractivity contribution in [1.29, 1.82) is 0 Å². The molecule has 0 heterocycles. The van der Waals surface area contributed by atoms with Gasteiger partial charge < -0.3 is 33.9 Å². The van der Waals surface area contributed by atoms with Crippen molar-refractivity contribution in [1.82, 2.24) is 0 Å². The van der Waals surface area contributed by atoms with Crippen LogP contribution in [0.5, 0.6) is 11.5 Å². The Morgan fingerprint density at radius 1 is 0.550 bits per heavy atom. The first kappa shape index (κ1) is 33.5. The average molecular weight is 588 g/mol. The number of alkyl halides is 6. The highest BCUT2D eigenvalue weighted by Gasteiger charge is 2.52. The molecule has 226 valence electrons. The molecule has 0 amide bonds. The van der Waals surface area contributed by atoms with Gasteiger partial charge in [0.25, 0.3) is 0 Å². The van der Waals surface area contributed by atoms with Gasteiger partial charge in [0.05, 0.1) is 26.4 Å². The second-order valence-electron chi connectivity index (χ2n) is 8.14. The molecule has 2 rings (SSSR count). The van der Waals surface area contributed by atoms with Crippen LogP contribution < -0.4 is 9.47 Å². The number of hydrogen-bond donors (Lipinski definition) is 2. The minimum atomic E-state index is -5.42. The SMILES string of the molecule is OC(COCCOCC(F)(F)OC(F)(F)OC(F)(F)COCC(O)COc1ccccc1)COc1ccccc1. The highest BCUT2D eigenvalue weighted by Crippen LogP contribution is 2.33. The standard InChI is InChI=1S/C25H30F6O9/c26-23(27,17-35-12-11-34-13-19(32)15-37-21-7-3-1-4-8-21)39-25(30,31)40-24(28,29)18-36-14-20(33)16-38-22-9-5-2-6-10-22/h1-10,19-20,32-33H,11-18H2. The van der Waals surface area contributed by atoms with E-state index >= 15 is 0 Å². The first-order valence-corrected chi connectivity index (χ1v) is 11.8. The first-order valence-electron chi connectivity index (χ1n) is 11.8. The molecule has 2 unspecified atom stereocenters. The number of rotatable bonds is 21. The summed E-state index contributed by atoms with van der Waals surface area (Å²) in [7, 11) is 0. The van der Waals surface area contributed by atoms with Crippen LogP contribution in [-0.2, 0) is 23.7 Å². The largest absolute Gasteiger partial charge is 0.495 e. The molecule has 9 nitrogen and oxygen atoms in total. The van der Waals surface area contributed by atoms with Gasteiger partial charge in [-0.05, 0) is 24.3 Å². The molecular formula is C25H30F6O9. The molecule has 0 fully saturated rings. The molecule has 0 bridgehead atoms. The van der Waals surface area contributed by atoms with Gasteiger partial charge in [0, 0.05) is 0 Å². The van der Waals surface area contributed by atoms with Crippen LogP contribution in [0.3, 0.4) is 0 Å². The topological polar surface area (TPSA) is 105 Å². The summed E-state index contributed by atoms with van der Waals surface area (Å²) in [6.07, 6.45) is -17.3. The lowest BCUT2D eigenvalue weighted by Gasteiger charge is -2.26. The van der Waals surface area contributed by atoms with Gasteiger partial charge in [-0.3, -0.25) is 0 Å². The molecule has 0 saturated carbocycles. The normalized spacial score (nSPS) is 14.1. The number of hydrogen-bond acceptors (Lipinski definition) is 9. The van der Waals surface area contributed by atoms with Gasteiger partial charge in [0.15, 0.2) is 0 Å². The Morgan fingerprint density at radius 3 is 1.43 bits per heavy atom. The number of para-hydroxylation sites is 2. The van der Waals surface area contributed by atoms with Crippen molar-refractivity contribution in [2.45, 2.75) is 30.7 Å². The number of aliphatic hydroxyl groups excluding tert-OH is 2. The summed E-state index contributed by atoms with van der Waals surface area (Å²) >= 11 is 0. The second kappa shape index (κ2) is 16.6. The van der Waals surface area contributed by atoms with E-state index in [1.54, 1.807) is 60.7 Å². The summed E-state index contributed by atoms with van der Waals surface area (Å²) in [6.45, 7) is -5.78. The van der Waals surface area contributed by atoms with Crippen molar-refractivity contribution in [2.75, 3.05) is 52.9 Å². The van der Waals surface area contributed by atoms with E-state index in [1.165, 1.54) is 0 Å². The molecule has 2 atom stereocenters. The molecule has 40 heavy (non-hydrogen) atoms. The maximum atomic E-state index is 13.7. The highest BCUT2D eigenvalue weighted by atomic mass is 19.3.